The second kappa shape index (κ2) is 4.44. The van der Waals surface area contributed by atoms with E-state index in [0.717, 1.165) is 6.42 Å². The molecule has 0 aliphatic rings. The number of rotatable bonds is 4. The molecule has 0 aliphatic carbocycles. The van der Waals surface area contributed by atoms with E-state index in [1.165, 1.54) is 4.88 Å². The number of hydrogen-bond donors (Lipinski definition) is 1. The number of aromatic nitrogens is 2. The first-order chi connectivity index (χ1) is 7.24. The Balaban J connectivity index is 1.90. The van der Waals surface area contributed by atoms with Crippen LogP contribution in [0.25, 0.3) is 0 Å². The minimum Gasteiger partial charge on any atom is -0.335 e. The lowest BCUT2D eigenvalue weighted by molar-refractivity contribution is 0.422. The van der Waals surface area contributed by atoms with Gasteiger partial charge in [0.2, 0.25) is 0 Å². The molecule has 0 aliphatic heterocycles. The molecule has 1 atom stereocenters. The Morgan fingerprint density at radius 2 is 2.47 bits per heavy atom. The minimum atomic E-state index is 0.295. The third-order valence-electron chi connectivity index (χ3n) is 1.98. The summed E-state index contributed by atoms with van der Waals surface area (Å²) in [5.41, 5.74) is 0. The average Bonchev–Trinajstić information content (AvgIpc) is 2.77. The lowest BCUT2D eigenvalue weighted by Gasteiger charge is -2.09. The molecule has 0 bridgehead atoms. The maximum Gasteiger partial charge on any atom is 0.321 e. The first kappa shape index (κ1) is 10.2. The third-order valence-corrected chi connectivity index (χ3v) is 2.88. The Hall–Kier alpha value is -1.36. The maximum absolute atomic E-state index is 4.99. The summed E-state index contributed by atoms with van der Waals surface area (Å²) >= 11 is 1.76. The summed E-state index contributed by atoms with van der Waals surface area (Å²) in [5, 5.41) is 8.97. The number of nitrogens with one attached hydrogen (secondary N) is 1. The van der Waals surface area contributed by atoms with Crippen LogP contribution in [0, 0.1) is 6.92 Å². The third kappa shape index (κ3) is 2.79. The fourth-order valence-electron chi connectivity index (χ4n) is 1.35. The molecule has 5 heteroatoms. The SMILES string of the molecule is Cc1noc(NC(C)Cc2cccs2)n1. The summed E-state index contributed by atoms with van der Waals surface area (Å²) in [7, 11) is 0. The molecule has 0 amide bonds. The predicted molar refractivity (Wildman–Crippen MR) is 60.1 cm³/mol. The van der Waals surface area contributed by atoms with E-state index < -0.39 is 0 Å². The molecule has 4 nitrogen and oxygen atoms in total. The van der Waals surface area contributed by atoms with Gasteiger partial charge in [0.25, 0.3) is 0 Å². The van der Waals surface area contributed by atoms with Crippen LogP contribution in [0.2, 0.25) is 0 Å². The highest BCUT2D eigenvalue weighted by molar-refractivity contribution is 7.09. The first-order valence-electron chi connectivity index (χ1n) is 4.83. The van der Waals surface area contributed by atoms with Crippen LogP contribution in [0.5, 0.6) is 0 Å². The van der Waals surface area contributed by atoms with Gasteiger partial charge in [0, 0.05) is 17.3 Å². The monoisotopic (exact) mass is 223 g/mol. The van der Waals surface area contributed by atoms with Crippen molar-refractivity contribution in [2.24, 2.45) is 0 Å². The van der Waals surface area contributed by atoms with Crippen LogP contribution in [0.15, 0.2) is 22.0 Å². The molecule has 0 spiro atoms. The molecule has 0 aromatic carbocycles. The fraction of sp³-hybridized carbons (Fsp3) is 0.400. The summed E-state index contributed by atoms with van der Waals surface area (Å²) in [4.78, 5) is 5.45. The largest absolute Gasteiger partial charge is 0.335 e. The van der Waals surface area contributed by atoms with Crippen molar-refractivity contribution in [3.8, 4) is 0 Å². The van der Waals surface area contributed by atoms with Gasteiger partial charge in [-0.05, 0) is 25.3 Å². The molecule has 15 heavy (non-hydrogen) atoms. The van der Waals surface area contributed by atoms with E-state index in [1.807, 2.05) is 0 Å². The van der Waals surface area contributed by atoms with E-state index in [2.05, 4.69) is 39.9 Å². The number of hydrogen-bond acceptors (Lipinski definition) is 5. The van der Waals surface area contributed by atoms with Crippen molar-refractivity contribution in [3.05, 3.63) is 28.2 Å². The Morgan fingerprint density at radius 3 is 3.07 bits per heavy atom. The van der Waals surface area contributed by atoms with Crippen LogP contribution in [0.4, 0.5) is 6.01 Å². The van der Waals surface area contributed by atoms with Gasteiger partial charge in [0.1, 0.15) is 0 Å². The fourth-order valence-corrected chi connectivity index (χ4v) is 2.18. The topological polar surface area (TPSA) is 51.0 Å². The smallest absolute Gasteiger partial charge is 0.321 e. The molecular formula is C10H13N3OS. The van der Waals surface area contributed by atoms with E-state index in [9.17, 15) is 0 Å². The molecule has 2 rings (SSSR count). The highest BCUT2D eigenvalue weighted by atomic mass is 32.1. The zero-order chi connectivity index (χ0) is 10.7. The van der Waals surface area contributed by atoms with Gasteiger partial charge in [-0.1, -0.05) is 11.2 Å². The van der Waals surface area contributed by atoms with E-state index >= 15 is 0 Å². The molecule has 1 unspecified atom stereocenters. The van der Waals surface area contributed by atoms with Gasteiger partial charge in [-0.25, -0.2) is 0 Å². The molecule has 0 saturated heterocycles. The lowest BCUT2D eigenvalue weighted by atomic mass is 10.2. The lowest BCUT2D eigenvalue weighted by Crippen LogP contribution is -2.17. The predicted octanol–water partition coefficient (Wildman–Crippen LogP) is 2.48. The quantitative estimate of drug-likeness (QED) is 0.865. The van der Waals surface area contributed by atoms with Crippen LogP contribution in [-0.2, 0) is 6.42 Å². The summed E-state index contributed by atoms with van der Waals surface area (Å²) < 4.78 is 4.99. The average molecular weight is 223 g/mol. The summed E-state index contributed by atoms with van der Waals surface area (Å²) in [6.45, 7) is 3.90. The van der Waals surface area contributed by atoms with Gasteiger partial charge in [-0.2, -0.15) is 4.98 Å². The van der Waals surface area contributed by atoms with Crippen LogP contribution in [-0.4, -0.2) is 16.2 Å². The van der Waals surface area contributed by atoms with Gasteiger partial charge < -0.3 is 9.84 Å². The molecule has 1 N–H and O–H groups in total. The Morgan fingerprint density at radius 1 is 1.60 bits per heavy atom. The van der Waals surface area contributed by atoms with Crippen LogP contribution < -0.4 is 5.32 Å². The van der Waals surface area contributed by atoms with Gasteiger partial charge >= 0.3 is 6.01 Å². The Kier molecular flexibility index (Phi) is 3.01. The van der Waals surface area contributed by atoms with Crippen molar-refractivity contribution in [3.63, 3.8) is 0 Å². The molecule has 2 heterocycles. The molecule has 80 valence electrons. The number of thiophene rings is 1. The van der Waals surface area contributed by atoms with Crippen molar-refractivity contribution >= 4 is 17.4 Å². The zero-order valence-corrected chi connectivity index (χ0v) is 9.54. The van der Waals surface area contributed by atoms with Crippen molar-refractivity contribution in [1.29, 1.82) is 0 Å². The minimum absolute atomic E-state index is 0.295. The Labute approximate surface area is 92.3 Å². The molecule has 0 radical (unpaired) electrons. The Bertz CT molecular complexity index is 410. The standard InChI is InChI=1S/C10H13N3OS/c1-7(6-9-4-3-5-15-9)11-10-12-8(2)13-14-10/h3-5,7H,6H2,1-2H3,(H,11,12,13). The van der Waals surface area contributed by atoms with E-state index in [4.69, 9.17) is 4.52 Å². The van der Waals surface area contributed by atoms with Crippen molar-refractivity contribution in [1.82, 2.24) is 10.1 Å². The van der Waals surface area contributed by atoms with Crippen LogP contribution in [0.1, 0.15) is 17.6 Å². The van der Waals surface area contributed by atoms with Crippen LogP contribution >= 0.6 is 11.3 Å². The van der Waals surface area contributed by atoms with Crippen molar-refractivity contribution < 1.29 is 4.52 Å². The molecule has 2 aromatic rings. The van der Waals surface area contributed by atoms with Gasteiger partial charge in [-0.15, -0.1) is 11.3 Å². The summed E-state index contributed by atoms with van der Waals surface area (Å²) in [5.74, 6) is 0.654. The van der Waals surface area contributed by atoms with Crippen LogP contribution in [0.3, 0.4) is 0 Å². The van der Waals surface area contributed by atoms with E-state index in [0.29, 0.717) is 17.9 Å². The molecule has 0 saturated carbocycles. The maximum atomic E-state index is 4.99. The first-order valence-corrected chi connectivity index (χ1v) is 5.71. The van der Waals surface area contributed by atoms with Gasteiger partial charge in [0.05, 0.1) is 0 Å². The highest BCUT2D eigenvalue weighted by Crippen LogP contribution is 2.13. The van der Waals surface area contributed by atoms with E-state index in [-0.39, 0.29) is 0 Å². The van der Waals surface area contributed by atoms with Crippen molar-refractivity contribution in [2.75, 3.05) is 5.32 Å². The zero-order valence-electron chi connectivity index (χ0n) is 8.73. The molecule has 2 aromatic heterocycles. The van der Waals surface area contributed by atoms with Gasteiger partial charge in [-0.3, -0.25) is 0 Å². The molecular weight excluding hydrogens is 210 g/mol. The highest BCUT2D eigenvalue weighted by Gasteiger charge is 2.08. The number of anilines is 1. The summed E-state index contributed by atoms with van der Waals surface area (Å²) in [6, 6.07) is 4.98. The molecule has 0 fully saturated rings. The van der Waals surface area contributed by atoms with Crippen molar-refractivity contribution in [2.45, 2.75) is 26.3 Å². The number of nitrogens with zero attached hydrogens (tertiary/aromatic N) is 2. The van der Waals surface area contributed by atoms with Gasteiger partial charge in [0.15, 0.2) is 5.82 Å². The second-order valence-corrected chi connectivity index (χ2v) is 4.51. The van der Waals surface area contributed by atoms with E-state index in [1.54, 1.807) is 18.3 Å². The second-order valence-electron chi connectivity index (χ2n) is 3.48. The number of aryl methyl sites for hydroxylation is 1. The summed E-state index contributed by atoms with van der Waals surface area (Å²) in [6.07, 6.45) is 0.971. The normalized spacial score (nSPS) is 12.7.